The minimum absolute atomic E-state index is 0.503. The van der Waals surface area contributed by atoms with Crippen molar-refractivity contribution in [1.82, 2.24) is 14.7 Å². The zero-order valence-electron chi connectivity index (χ0n) is 9.72. The summed E-state index contributed by atoms with van der Waals surface area (Å²) >= 11 is 0. The molecule has 0 aromatic carbocycles. The number of nitrogens with two attached hydrogens (primary N) is 1. The topological polar surface area (TPSA) is 47.1 Å². The van der Waals surface area contributed by atoms with Crippen LogP contribution < -0.4 is 5.73 Å². The summed E-state index contributed by atoms with van der Waals surface area (Å²) in [5, 5.41) is 4.31. The highest BCUT2D eigenvalue weighted by Gasteiger charge is 2.29. The fourth-order valence-electron chi connectivity index (χ4n) is 2.42. The van der Waals surface area contributed by atoms with Crippen LogP contribution in [0.2, 0.25) is 0 Å². The lowest BCUT2D eigenvalue weighted by atomic mass is 9.93. The molecule has 1 fully saturated rings. The highest BCUT2D eigenvalue weighted by Crippen LogP contribution is 2.29. The molecule has 0 amide bonds. The minimum atomic E-state index is 0.503. The fourth-order valence-corrected chi connectivity index (χ4v) is 2.42. The first-order valence-corrected chi connectivity index (χ1v) is 5.59. The van der Waals surface area contributed by atoms with Crippen molar-refractivity contribution in [3.05, 3.63) is 12.4 Å². The van der Waals surface area contributed by atoms with Crippen LogP contribution >= 0.6 is 0 Å². The van der Waals surface area contributed by atoms with Gasteiger partial charge in [-0.3, -0.25) is 4.68 Å². The van der Waals surface area contributed by atoms with Gasteiger partial charge in [-0.1, -0.05) is 0 Å². The molecule has 0 bridgehead atoms. The third kappa shape index (κ3) is 2.00. The van der Waals surface area contributed by atoms with Crippen LogP contribution in [-0.2, 0) is 0 Å². The molecular formula is C11H20N4. The maximum atomic E-state index is 5.69. The molecule has 1 aliphatic rings. The number of rotatable bonds is 1. The SMILES string of the molecule is C[C@@H]1CC(n2cc(N)cn2)C[C@H](C)N1C. The molecule has 84 valence electrons. The Morgan fingerprint density at radius 2 is 1.93 bits per heavy atom. The molecule has 0 spiro atoms. The van der Waals surface area contributed by atoms with Gasteiger partial charge in [0.2, 0.25) is 0 Å². The molecule has 1 aliphatic heterocycles. The van der Waals surface area contributed by atoms with E-state index in [0.29, 0.717) is 18.1 Å². The monoisotopic (exact) mass is 208 g/mol. The van der Waals surface area contributed by atoms with Crippen molar-refractivity contribution in [2.24, 2.45) is 0 Å². The molecule has 4 heteroatoms. The summed E-state index contributed by atoms with van der Waals surface area (Å²) in [5.41, 5.74) is 6.45. The molecule has 3 atom stereocenters. The summed E-state index contributed by atoms with van der Waals surface area (Å²) in [7, 11) is 2.20. The standard InChI is InChI=1S/C11H20N4/c1-8-4-11(5-9(2)14(8)3)15-7-10(12)6-13-15/h6-9,11H,4-5,12H2,1-3H3/t8-,9+,11?. The van der Waals surface area contributed by atoms with Crippen molar-refractivity contribution >= 4 is 5.69 Å². The second-order valence-corrected chi connectivity index (χ2v) is 4.74. The van der Waals surface area contributed by atoms with Gasteiger partial charge in [-0.15, -0.1) is 0 Å². The van der Waals surface area contributed by atoms with Crippen molar-refractivity contribution in [1.29, 1.82) is 0 Å². The zero-order valence-corrected chi connectivity index (χ0v) is 9.72. The van der Waals surface area contributed by atoms with E-state index in [1.165, 1.54) is 0 Å². The first-order valence-electron chi connectivity index (χ1n) is 5.59. The van der Waals surface area contributed by atoms with Crippen LogP contribution in [0.1, 0.15) is 32.7 Å². The second kappa shape index (κ2) is 3.85. The number of piperidine rings is 1. The van der Waals surface area contributed by atoms with E-state index in [2.05, 4.69) is 30.9 Å². The Hall–Kier alpha value is -1.03. The van der Waals surface area contributed by atoms with Crippen molar-refractivity contribution in [3.63, 3.8) is 0 Å². The molecule has 4 nitrogen and oxygen atoms in total. The Morgan fingerprint density at radius 3 is 2.40 bits per heavy atom. The molecule has 1 aromatic rings. The number of anilines is 1. The third-order valence-corrected chi connectivity index (χ3v) is 3.61. The summed E-state index contributed by atoms with van der Waals surface area (Å²) < 4.78 is 2.02. The van der Waals surface area contributed by atoms with Crippen LogP contribution in [0.25, 0.3) is 0 Å². The Bertz CT molecular complexity index is 321. The van der Waals surface area contributed by atoms with Crippen LogP contribution in [0.15, 0.2) is 12.4 Å². The van der Waals surface area contributed by atoms with Gasteiger partial charge < -0.3 is 10.6 Å². The van der Waals surface area contributed by atoms with Gasteiger partial charge in [0.05, 0.1) is 17.9 Å². The minimum Gasteiger partial charge on any atom is -0.396 e. The lowest BCUT2D eigenvalue weighted by Crippen LogP contribution is -2.44. The molecular weight excluding hydrogens is 188 g/mol. The van der Waals surface area contributed by atoms with Crippen LogP contribution in [0, 0.1) is 0 Å². The third-order valence-electron chi connectivity index (χ3n) is 3.61. The average molecular weight is 208 g/mol. The Morgan fingerprint density at radius 1 is 1.33 bits per heavy atom. The van der Waals surface area contributed by atoms with Gasteiger partial charge >= 0.3 is 0 Å². The molecule has 2 N–H and O–H groups in total. The van der Waals surface area contributed by atoms with E-state index in [9.17, 15) is 0 Å². The van der Waals surface area contributed by atoms with Gasteiger partial charge in [0.25, 0.3) is 0 Å². The predicted octanol–water partition coefficient (Wildman–Crippen LogP) is 1.51. The van der Waals surface area contributed by atoms with E-state index in [-0.39, 0.29) is 0 Å². The lowest BCUT2D eigenvalue weighted by molar-refractivity contribution is 0.0969. The van der Waals surface area contributed by atoms with Gasteiger partial charge in [-0.2, -0.15) is 5.10 Å². The summed E-state index contributed by atoms with van der Waals surface area (Å²) in [6, 6.07) is 1.73. The van der Waals surface area contributed by atoms with Gasteiger partial charge in [-0.05, 0) is 33.7 Å². The quantitative estimate of drug-likeness (QED) is 0.761. The molecule has 15 heavy (non-hydrogen) atoms. The zero-order chi connectivity index (χ0) is 11.0. The predicted molar refractivity (Wildman–Crippen MR) is 61.6 cm³/mol. The largest absolute Gasteiger partial charge is 0.396 e. The average Bonchev–Trinajstić information content (AvgIpc) is 2.60. The second-order valence-electron chi connectivity index (χ2n) is 4.74. The van der Waals surface area contributed by atoms with Gasteiger partial charge in [0.1, 0.15) is 0 Å². The first kappa shape index (κ1) is 10.5. The van der Waals surface area contributed by atoms with Crippen molar-refractivity contribution in [3.8, 4) is 0 Å². The summed E-state index contributed by atoms with van der Waals surface area (Å²) in [4.78, 5) is 2.43. The number of hydrogen-bond donors (Lipinski definition) is 1. The highest BCUT2D eigenvalue weighted by molar-refractivity contribution is 5.30. The lowest BCUT2D eigenvalue weighted by Gasteiger charge is -2.40. The van der Waals surface area contributed by atoms with Gasteiger partial charge in [0.15, 0.2) is 0 Å². The smallest absolute Gasteiger partial charge is 0.0719 e. The van der Waals surface area contributed by atoms with Crippen LogP contribution in [0.5, 0.6) is 0 Å². The number of nitrogens with zero attached hydrogens (tertiary/aromatic N) is 3. The Kier molecular flexibility index (Phi) is 2.69. The van der Waals surface area contributed by atoms with E-state index < -0.39 is 0 Å². The number of nitrogen functional groups attached to an aromatic ring is 1. The summed E-state index contributed by atoms with van der Waals surface area (Å²) in [6.45, 7) is 4.55. The van der Waals surface area contributed by atoms with E-state index in [1.54, 1.807) is 6.20 Å². The van der Waals surface area contributed by atoms with Crippen molar-refractivity contribution < 1.29 is 0 Å². The van der Waals surface area contributed by atoms with Crippen molar-refractivity contribution in [2.45, 2.75) is 44.8 Å². The van der Waals surface area contributed by atoms with Gasteiger partial charge in [0, 0.05) is 18.3 Å². The molecule has 2 rings (SSSR count). The van der Waals surface area contributed by atoms with E-state index in [4.69, 9.17) is 5.73 Å². The van der Waals surface area contributed by atoms with Crippen LogP contribution in [0.4, 0.5) is 5.69 Å². The number of likely N-dealkylation sites (tertiary alicyclic amines) is 1. The highest BCUT2D eigenvalue weighted by atomic mass is 15.3. The molecule has 1 saturated heterocycles. The maximum absolute atomic E-state index is 5.69. The Balaban J connectivity index is 2.12. The molecule has 2 heterocycles. The fraction of sp³-hybridized carbons (Fsp3) is 0.727. The van der Waals surface area contributed by atoms with E-state index >= 15 is 0 Å². The molecule has 1 aromatic heterocycles. The first-order chi connectivity index (χ1) is 7.08. The molecule has 0 radical (unpaired) electrons. The van der Waals surface area contributed by atoms with Gasteiger partial charge in [-0.25, -0.2) is 0 Å². The van der Waals surface area contributed by atoms with E-state index in [0.717, 1.165) is 18.5 Å². The van der Waals surface area contributed by atoms with Crippen LogP contribution in [0.3, 0.4) is 0 Å². The van der Waals surface area contributed by atoms with Crippen molar-refractivity contribution in [2.75, 3.05) is 12.8 Å². The number of aromatic nitrogens is 2. The maximum Gasteiger partial charge on any atom is 0.0719 e. The molecule has 0 aliphatic carbocycles. The Labute approximate surface area is 91.1 Å². The summed E-state index contributed by atoms with van der Waals surface area (Å²) in [5.74, 6) is 0. The summed E-state index contributed by atoms with van der Waals surface area (Å²) in [6.07, 6.45) is 5.98. The number of hydrogen-bond acceptors (Lipinski definition) is 3. The molecule has 0 saturated carbocycles. The normalized spacial score (nSPS) is 33.1. The van der Waals surface area contributed by atoms with E-state index in [1.807, 2.05) is 10.9 Å². The molecule has 1 unspecified atom stereocenters. The van der Waals surface area contributed by atoms with Crippen LogP contribution in [-0.4, -0.2) is 33.8 Å².